The van der Waals surface area contributed by atoms with Gasteiger partial charge in [-0.2, -0.15) is 0 Å². The van der Waals surface area contributed by atoms with E-state index in [9.17, 15) is 0 Å². The third kappa shape index (κ3) is 4.63. The highest BCUT2D eigenvalue weighted by Gasteiger charge is 2.04. The van der Waals surface area contributed by atoms with Crippen LogP contribution in [0.1, 0.15) is 5.56 Å². The maximum Gasteiger partial charge on any atom is 0.108 e. The lowest BCUT2D eigenvalue weighted by atomic mass is 10.2. The van der Waals surface area contributed by atoms with Crippen molar-refractivity contribution < 1.29 is 0 Å². The zero-order valence-corrected chi connectivity index (χ0v) is 14.4. The van der Waals surface area contributed by atoms with Gasteiger partial charge in [0.15, 0.2) is 0 Å². The molecule has 2 aromatic carbocycles. The first-order valence-electron chi connectivity index (χ1n) is 5.89. The Balaban J connectivity index is 1.92. The van der Waals surface area contributed by atoms with E-state index in [1.165, 1.54) is 0 Å². The summed E-state index contributed by atoms with van der Waals surface area (Å²) in [4.78, 5) is 0.570. The number of hydrogen-bond acceptors (Lipinski definition) is 2. The Kier molecular flexibility index (Phi) is 5.97. The van der Waals surface area contributed by atoms with Crippen LogP contribution in [0.25, 0.3) is 0 Å². The van der Waals surface area contributed by atoms with Crippen molar-refractivity contribution in [2.45, 2.75) is 0 Å². The minimum atomic E-state index is 0.442. The highest BCUT2D eigenvalue weighted by atomic mass is 35.5. The molecule has 0 aliphatic carbocycles. The van der Waals surface area contributed by atoms with E-state index in [-0.39, 0.29) is 0 Å². The number of benzene rings is 2. The Morgan fingerprint density at radius 3 is 2.10 bits per heavy atom. The molecule has 7 heteroatoms. The highest BCUT2D eigenvalue weighted by Crippen LogP contribution is 2.25. The number of rotatable bonds is 4. The van der Waals surface area contributed by atoms with Gasteiger partial charge in [0, 0.05) is 11.3 Å². The van der Waals surface area contributed by atoms with E-state index in [1.807, 2.05) is 12.1 Å². The molecular formula is C14H10Cl4N2S. The maximum absolute atomic E-state index is 5.96. The van der Waals surface area contributed by atoms with Crippen LogP contribution in [0.5, 0.6) is 0 Å². The van der Waals surface area contributed by atoms with Crippen molar-refractivity contribution in [2.75, 3.05) is 12.0 Å². The average molecular weight is 380 g/mol. The van der Waals surface area contributed by atoms with Crippen LogP contribution in [0, 0.1) is 0 Å². The molecule has 0 amide bonds. The average Bonchev–Trinajstić information content (AvgIpc) is 2.45. The molecule has 0 bridgehead atoms. The maximum atomic E-state index is 5.96. The number of hydrogen-bond donors (Lipinski definition) is 2. The first-order chi connectivity index (χ1) is 9.97. The summed E-state index contributed by atoms with van der Waals surface area (Å²) in [6.07, 6.45) is 0. The van der Waals surface area contributed by atoms with Crippen molar-refractivity contribution in [1.82, 2.24) is 5.32 Å². The molecule has 0 unspecified atom stereocenters. The number of halogens is 4. The molecule has 0 spiro atoms. The molecule has 0 aliphatic heterocycles. The first kappa shape index (κ1) is 16.7. The number of thiocarbonyl (C=S) groups is 1. The topological polar surface area (TPSA) is 24.1 Å². The van der Waals surface area contributed by atoms with Crippen LogP contribution in [0.2, 0.25) is 20.1 Å². The zero-order chi connectivity index (χ0) is 15.4. The lowest BCUT2D eigenvalue weighted by molar-refractivity contribution is 0.994. The third-order valence-corrected chi connectivity index (χ3v) is 4.50. The Bertz CT molecular complexity index is 676. The highest BCUT2D eigenvalue weighted by molar-refractivity contribution is 7.80. The van der Waals surface area contributed by atoms with Crippen molar-refractivity contribution in [3.8, 4) is 0 Å². The minimum Gasteiger partial charge on any atom is -0.368 e. The van der Waals surface area contributed by atoms with Gasteiger partial charge in [-0.3, -0.25) is 0 Å². The van der Waals surface area contributed by atoms with Gasteiger partial charge in [0.1, 0.15) is 4.99 Å². The summed E-state index contributed by atoms with van der Waals surface area (Å²) in [6.45, 7) is 0.442. The Hall–Kier alpha value is -0.710. The fraction of sp³-hybridized carbons (Fsp3) is 0.0714. The van der Waals surface area contributed by atoms with Crippen LogP contribution in [-0.2, 0) is 0 Å². The molecule has 0 aromatic heterocycles. The van der Waals surface area contributed by atoms with Crippen LogP contribution in [0.3, 0.4) is 0 Å². The van der Waals surface area contributed by atoms with Crippen LogP contribution in [-0.4, -0.2) is 11.7 Å². The summed E-state index contributed by atoms with van der Waals surface area (Å²) in [5.41, 5.74) is 1.64. The number of anilines is 1. The lowest BCUT2D eigenvalue weighted by Gasteiger charge is -2.11. The van der Waals surface area contributed by atoms with Gasteiger partial charge in [-0.05, 0) is 30.3 Å². The summed E-state index contributed by atoms with van der Waals surface area (Å²) in [5.74, 6) is 0. The fourth-order valence-corrected chi connectivity index (χ4v) is 2.37. The second-order valence-corrected chi connectivity index (χ2v) is 6.15. The largest absolute Gasteiger partial charge is 0.368 e. The Morgan fingerprint density at radius 1 is 0.857 bits per heavy atom. The van der Waals surface area contributed by atoms with Gasteiger partial charge in [0.25, 0.3) is 0 Å². The summed E-state index contributed by atoms with van der Waals surface area (Å²) in [6, 6.07) is 10.5. The third-order valence-electron chi connectivity index (χ3n) is 2.64. The van der Waals surface area contributed by atoms with Crippen LogP contribution in [0.4, 0.5) is 5.69 Å². The normalized spacial score (nSPS) is 10.3. The van der Waals surface area contributed by atoms with E-state index < -0.39 is 0 Å². The van der Waals surface area contributed by atoms with Gasteiger partial charge in [0.2, 0.25) is 0 Å². The molecule has 0 atom stereocenters. The van der Waals surface area contributed by atoms with Gasteiger partial charge < -0.3 is 10.6 Å². The van der Waals surface area contributed by atoms with Crippen molar-refractivity contribution in [2.24, 2.45) is 0 Å². The lowest BCUT2D eigenvalue weighted by Crippen LogP contribution is -2.28. The molecule has 2 N–H and O–H groups in total. The molecule has 2 rings (SSSR count). The monoisotopic (exact) mass is 378 g/mol. The van der Waals surface area contributed by atoms with Gasteiger partial charge in [-0.15, -0.1) is 0 Å². The molecule has 0 heterocycles. The number of nitrogens with one attached hydrogen (secondary N) is 2. The molecule has 0 radical (unpaired) electrons. The summed E-state index contributed by atoms with van der Waals surface area (Å²) in [7, 11) is 0. The molecule has 0 saturated carbocycles. The quantitative estimate of drug-likeness (QED) is 0.531. The SMILES string of the molecule is S=C(NCNc1ccc(Cl)c(Cl)c1)c1ccc(Cl)c(Cl)c1. The van der Waals surface area contributed by atoms with E-state index >= 15 is 0 Å². The van der Waals surface area contributed by atoms with E-state index in [1.54, 1.807) is 24.3 Å². The van der Waals surface area contributed by atoms with Gasteiger partial charge in [-0.25, -0.2) is 0 Å². The van der Waals surface area contributed by atoms with Crippen molar-refractivity contribution >= 4 is 69.3 Å². The fourth-order valence-electron chi connectivity index (χ4n) is 1.57. The van der Waals surface area contributed by atoms with E-state index in [0.29, 0.717) is 31.7 Å². The molecule has 2 nitrogen and oxygen atoms in total. The van der Waals surface area contributed by atoms with E-state index in [4.69, 9.17) is 58.6 Å². The van der Waals surface area contributed by atoms with E-state index in [2.05, 4.69) is 10.6 Å². The Labute approximate surface area is 148 Å². The Morgan fingerprint density at radius 2 is 1.48 bits per heavy atom. The molecule has 110 valence electrons. The summed E-state index contributed by atoms with van der Waals surface area (Å²) in [5, 5.41) is 8.18. The molecule has 0 aliphatic rings. The second kappa shape index (κ2) is 7.52. The smallest absolute Gasteiger partial charge is 0.108 e. The van der Waals surface area contributed by atoms with E-state index in [0.717, 1.165) is 11.3 Å². The molecule has 0 fully saturated rings. The van der Waals surface area contributed by atoms with Gasteiger partial charge >= 0.3 is 0 Å². The van der Waals surface area contributed by atoms with Crippen LogP contribution < -0.4 is 10.6 Å². The first-order valence-corrected chi connectivity index (χ1v) is 7.81. The standard InChI is InChI=1S/C14H10Cl4N2S/c15-10-3-1-8(5-12(10)17)14(21)20-7-19-9-2-4-11(16)13(18)6-9/h1-6,19H,7H2,(H,20,21). The molecule has 0 saturated heterocycles. The second-order valence-electron chi connectivity index (χ2n) is 4.12. The minimum absolute atomic E-state index is 0.442. The molecule has 2 aromatic rings. The van der Waals surface area contributed by atoms with Gasteiger partial charge in [-0.1, -0.05) is 64.7 Å². The molecular weight excluding hydrogens is 370 g/mol. The van der Waals surface area contributed by atoms with Crippen molar-refractivity contribution in [3.63, 3.8) is 0 Å². The van der Waals surface area contributed by atoms with Crippen molar-refractivity contribution in [1.29, 1.82) is 0 Å². The molecule has 21 heavy (non-hydrogen) atoms. The predicted octanol–water partition coefficient (Wildman–Crippen LogP) is 5.63. The summed E-state index contributed by atoms with van der Waals surface area (Å²) < 4.78 is 0. The van der Waals surface area contributed by atoms with Crippen LogP contribution in [0.15, 0.2) is 36.4 Å². The van der Waals surface area contributed by atoms with Gasteiger partial charge in [0.05, 0.1) is 26.8 Å². The predicted molar refractivity (Wildman–Crippen MR) is 96.2 cm³/mol. The zero-order valence-electron chi connectivity index (χ0n) is 10.6. The van der Waals surface area contributed by atoms with Crippen molar-refractivity contribution in [3.05, 3.63) is 62.1 Å². The summed E-state index contributed by atoms with van der Waals surface area (Å²) >= 11 is 28.9. The van der Waals surface area contributed by atoms with Crippen LogP contribution >= 0.6 is 58.6 Å².